The third-order valence-corrected chi connectivity index (χ3v) is 3.76. The van der Waals surface area contributed by atoms with Gasteiger partial charge in [-0.15, -0.1) is 10.2 Å². The molecule has 0 aliphatic heterocycles. The Kier molecular flexibility index (Phi) is 7.88. The minimum Gasteiger partial charge on any atom is -0.493 e. The number of anilines is 1. The minimum atomic E-state index is 0.444. The van der Waals surface area contributed by atoms with Crippen LogP contribution in [0.25, 0.3) is 0 Å². The Bertz CT molecular complexity index is 713. The van der Waals surface area contributed by atoms with Crippen molar-refractivity contribution >= 4 is 11.6 Å². The number of aliphatic imine (C=N–C) groups is 1. The lowest BCUT2D eigenvalue weighted by atomic mass is 10.3. The van der Waals surface area contributed by atoms with Crippen molar-refractivity contribution in [2.45, 2.75) is 26.8 Å². The topological polar surface area (TPSA) is 85.6 Å². The predicted octanol–water partition coefficient (Wildman–Crippen LogP) is 2.12. The van der Waals surface area contributed by atoms with Gasteiger partial charge in [-0.3, -0.25) is 0 Å². The number of benzene rings is 1. The molecule has 1 heterocycles. The smallest absolute Gasteiger partial charge is 0.196 e. The van der Waals surface area contributed by atoms with Gasteiger partial charge in [0, 0.05) is 45.5 Å². The Labute approximate surface area is 154 Å². The molecule has 0 amide bonds. The lowest BCUT2D eigenvalue weighted by Gasteiger charge is -2.13. The summed E-state index contributed by atoms with van der Waals surface area (Å²) in [4.78, 5) is 4.58. The van der Waals surface area contributed by atoms with Crippen LogP contribution in [0.15, 0.2) is 29.3 Å². The number of nitrogens with zero attached hydrogens (tertiary/aromatic N) is 4. The Balaban J connectivity index is 2.00. The number of hydrogen-bond donors (Lipinski definition) is 2. The van der Waals surface area contributed by atoms with Crippen molar-refractivity contribution in [2.24, 2.45) is 12.0 Å². The summed E-state index contributed by atoms with van der Waals surface area (Å²) in [5.74, 6) is 3.18. The van der Waals surface area contributed by atoms with E-state index in [1.165, 1.54) is 0 Å². The summed E-state index contributed by atoms with van der Waals surface area (Å²) in [6, 6.07) is 7.81. The average molecular weight is 360 g/mol. The summed E-state index contributed by atoms with van der Waals surface area (Å²) in [5, 5.41) is 14.7. The molecule has 26 heavy (non-hydrogen) atoms. The molecule has 0 aliphatic rings. The zero-order chi connectivity index (χ0) is 18.8. The Morgan fingerprint density at radius 2 is 2.12 bits per heavy atom. The van der Waals surface area contributed by atoms with E-state index in [0.29, 0.717) is 25.7 Å². The van der Waals surface area contributed by atoms with Crippen LogP contribution in [0.4, 0.5) is 5.69 Å². The van der Waals surface area contributed by atoms with E-state index in [0.717, 1.165) is 36.1 Å². The first-order valence-electron chi connectivity index (χ1n) is 8.76. The largest absolute Gasteiger partial charge is 0.493 e. The van der Waals surface area contributed by atoms with Gasteiger partial charge in [0.25, 0.3) is 0 Å². The number of ether oxygens (including phenoxy) is 2. The van der Waals surface area contributed by atoms with E-state index in [1.54, 1.807) is 7.11 Å². The summed E-state index contributed by atoms with van der Waals surface area (Å²) >= 11 is 0. The van der Waals surface area contributed by atoms with Crippen molar-refractivity contribution in [2.75, 3.05) is 32.2 Å². The molecule has 0 spiro atoms. The van der Waals surface area contributed by atoms with Crippen LogP contribution in [-0.4, -0.2) is 47.6 Å². The molecule has 0 fully saturated rings. The maximum absolute atomic E-state index is 5.74. The van der Waals surface area contributed by atoms with Gasteiger partial charge in [-0.05, 0) is 26.0 Å². The summed E-state index contributed by atoms with van der Waals surface area (Å²) < 4.78 is 12.7. The number of methoxy groups -OCH3 is 1. The summed E-state index contributed by atoms with van der Waals surface area (Å²) in [5.41, 5.74) is 0.906. The molecule has 2 N–H and O–H groups in total. The van der Waals surface area contributed by atoms with E-state index < -0.39 is 0 Å². The maximum Gasteiger partial charge on any atom is 0.196 e. The average Bonchev–Trinajstić information content (AvgIpc) is 2.96. The third-order valence-electron chi connectivity index (χ3n) is 3.76. The fraction of sp³-hybridized carbons (Fsp3) is 0.500. The molecule has 8 nitrogen and oxygen atoms in total. The molecule has 2 rings (SSSR count). The van der Waals surface area contributed by atoms with Crippen molar-refractivity contribution < 1.29 is 9.47 Å². The summed E-state index contributed by atoms with van der Waals surface area (Å²) in [6.45, 7) is 6.46. The summed E-state index contributed by atoms with van der Waals surface area (Å²) in [7, 11) is 3.62. The van der Waals surface area contributed by atoms with Crippen LogP contribution in [0.1, 0.15) is 25.0 Å². The normalized spacial score (nSPS) is 11.5. The number of aryl methyl sites for hydroxylation is 1. The van der Waals surface area contributed by atoms with Crippen molar-refractivity contribution in [3.63, 3.8) is 0 Å². The zero-order valence-corrected chi connectivity index (χ0v) is 16.0. The number of rotatable bonds is 9. The molecule has 142 valence electrons. The SMILES string of the molecule is CCNC(=NCc1nnc(C)n1C)Nc1cccc(OCCCOC)c1. The van der Waals surface area contributed by atoms with Crippen LogP contribution < -0.4 is 15.4 Å². The van der Waals surface area contributed by atoms with Crippen LogP contribution in [0.3, 0.4) is 0 Å². The van der Waals surface area contributed by atoms with Crippen molar-refractivity contribution in [3.8, 4) is 5.75 Å². The molecule has 1 aromatic heterocycles. The molecular weight excluding hydrogens is 332 g/mol. The molecule has 0 unspecified atom stereocenters. The van der Waals surface area contributed by atoms with Crippen molar-refractivity contribution in [1.29, 1.82) is 0 Å². The first-order valence-corrected chi connectivity index (χ1v) is 8.76. The fourth-order valence-corrected chi connectivity index (χ4v) is 2.24. The van der Waals surface area contributed by atoms with Gasteiger partial charge in [-0.25, -0.2) is 4.99 Å². The second-order valence-electron chi connectivity index (χ2n) is 5.77. The standard InChI is InChI=1S/C18H28N6O2/c1-5-19-18(20-13-17-23-22-14(2)24(17)3)21-15-8-6-9-16(12-15)26-11-7-10-25-4/h6,8-9,12H,5,7,10-11,13H2,1-4H3,(H2,19,20,21). The highest BCUT2D eigenvalue weighted by Gasteiger charge is 2.06. The van der Waals surface area contributed by atoms with Crippen LogP contribution in [0, 0.1) is 6.92 Å². The van der Waals surface area contributed by atoms with E-state index in [-0.39, 0.29) is 0 Å². The molecular formula is C18H28N6O2. The first-order chi connectivity index (χ1) is 12.6. The van der Waals surface area contributed by atoms with E-state index in [9.17, 15) is 0 Å². The molecule has 0 radical (unpaired) electrons. The molecule has 1 aromatic carbocycles. The highest BCUT2D eigenvalue weighted by atomic mass is 16.5. The third kappa shape index (κ3) is 6.03. The van der Waals surface area contributed by atoms with Gasteiger partial charge in [0.15, 0.2) is 11.8 Å². The van der Waals surface area contributed by atoms with Gasteiger partial charge in [0.2, 0.25) is 0 Å². The van der Waals surface area contributed by atoms with Gasteiger partial charge in [0.05, 0.1) is 6.61 Å². The molecule has 2 aromatic rings. The van der Waals surface area contributed by atoms with Gasteiger partial charge in [-0.2, -0.15) is 0 Å². The molecule has 0 saturated heterocycles. The molecule has 0 aliphatic carbocycles. The van der Waals surface area contributed by atoms with Crippen LogP contribution in [-0.2, 0) is 18.3 Å². The Hall–Kier alpha value is -2.61. The second-order valence-corrected chi connectivity index (χ2v) is 5.77. The highest BCUT2D eigenvalue weighted by molar-refractivity contribution is 5.93. The number of hydrogen-bond acceptors (Lipinski definition) is 5. The van der Waals surface area contributed by atoms with Crippen molar-refractivity contribution in [1.82, 2.24) is 20.1 Å². The van der Waals surface area contributed by atoms with Crippen molar-refractivity contribution in [3.05, 3.63) is 35.9 Å². The van der Waals surface area contributed by atoms with Gasteiger partial charge < -0.3 is 24.7 Å². The monoisotopic (exact) mass is 360 g/mol. The van der Waals surface area contributed by atoms with E-state index in [2.05, 4.69) is 25.8 Å². The van der Waals surface area contributed by atoms with Gasteiger partial charge >= 0.3 is 0 Å². The molecule has 0 atom stereocenters. The van der Waals surface area contributed by atoms with E-state index in [4.69, 9.17) is 9.47 Å². The maximum atomic E-state index is 5.74. The Morgan fingerprint density at radius 1 is 1.27 bits per heavy atom. The lowest BCUT2D eigenvalue weighted by Crippen LogP contribution is -2.30. The van der Waals surface area contributed by atoms with Crippen LogP contribution >= 0.6 is 0 Å². The lowest BCUT2D eigenvalue weighted by molar-refractivity contribution is 0.172. The van der Waals surface area contributed by atoms with Crippen LogP contribution in [0.5, 0.6) is 5.75 Å². The highest BCUT2D eigenvalue weighted by Crippen LogP contribution is 2.17. The first kappa shape index (κ1) is 19.7. The minimum absolute atomic E-state index is 0.444. The fourth-order valence-electron chi connectivity index (χ4n) is 2.24. The number of nitrogens with one attached hydrogen (secondary N) is 2. The summed E-state index contributed by atoms with van der Waals surface area (Å²) in [6.07, 6.45) is 0.857. The number of aromatic nitrogens is 3. The quantitative estimate of drug-likeness (QED) is 0.405. The van der Waals surface area contributed by atoms with E-state index in [1.807, 2.05) is 49.7 Å². The van der Waals surface area contributed by atoms with Gasteiger partial charge in [0.1, 0.15) is 18.1 Å². The Morgan fingerprint density at radius 3 is 2.81 bits per heavy atom. The number of guanidine groups is 1. The van der Waals surface area contributed by atoms with Crippen LogP contribution in [0.2, 0.25) is 0 Å². The molecule has 0 saturated carbocycles. The van der Waals surface area contributed by atoms with E-state index >= 15 is 0 Å². The molecule has 0 bridgehead atoms. The predicted molar refractivity (Wildman–Crippen MR) is 103 cm³/mol. The second kappa shape index (κ2) is 10.4. The molecule has 8 heteroatoms. The zero-order valence-electron chi connectivity index (χ0n) is 16.0. The van der Waals surface area contributed by atoms with Gasteiger partial charge in [-0.1, -0.05) is 6.07 Å².